The van der Waals surface area contributed by atoms with Gasteiger partial charge in [-0.25, -0.2) is 0 Å². The highest BCUT2D eigenvalue weighted by Crippen LogP contribution is 2.21. The molecule has 0 spiro atoms. The summed E-state index contributed by atoms with van der Waals surface area (Å²) in [6, 6.07) is 0. The molecule has 0 aromatic rings. The Morgan fingerprint density at radius 2 is 2.40 bits per heavy atom. The first-order valence-electron chi connectivity index (χ1n) is 3.56. The molecule has 0 aromatic carbocycles. The monoisotopic (exact) mass is 162 g/mol. The van der Waals surface area contributed by atoms with Crippen LogP contribution in [0.2, 0.25) is 0 Å². The van der Waals surface area contributed by atoms with Crippen molar-refractivity contribution in [3.05, 3.63) is 0 Å². The van der Waals surface area contributed by atoms with Gasteiger partial charge in [0.2, 0.25) is 0 Å². The molecule has 3 heteroatoms. The number of thioether (sulfide) groups is 1. The molecule has 0 aliphatic carbocycles. The Morgan fingerprint density at radius 3 is 2.80 bits per heavy atom. The van der Waals surface area contributed by atoms with E-state index in [2.05, 4.69) is 6.26 Å². The van der Waals surface area contributed by atoms with Gasteiger partial charge in [0.25, 0.3) is 0 Å². The highest BCUT2D eigenvalue weighted by atomic mass is 32.2. The molecule has 1 fully saturated rings. The van der Waals surface area contributed by atoms with Crippen molar-refractivity contribution < 1.29 is 9.84 Å². The minimum atomic E-state index is -0.239. The highest BCUT2D eigenvalue weighted by molar-refractivity contribution is 7.98. The van der Waals surface area contributed by atoms with Crippen molar-refractivity contribution >= 4 is 11.8 Å². The van der Waals surface area contributed by atoms with E-state index in [-0.39, 0.29) is 18.3 Å². The van der Waals surface area contributed by atoms with Crippen LogP contribution in [0.1, 0.15) is 13.3 Å². The van der Waals surface area contributed by atoms with Gasteiger partial charge in [0, 0.05) is 12.2 Å². The Balaban J connectivity index is 2.27. The van der Waals surface area contributed by atoms with Gasteiger partial charge in [0.05, 0.1) is 18.3 Å². The fraction of sp³-hybridized carbons (Fsp3) is 1.00. The molecule has 0 bridgehead atoms. The number of aliphatic hydroxyl groups is 1. The Bertz CT molecular complexity index is 97.8. The lowest BCUT2D eigenvalue weighted by molar-refractivity contribution is 0.0302. The molecule has 1 aliphatic heterocycles. The fourth-order valence-corrected chi connectivity index (χ4v) is 1.79. The molecular weight excluding hydrogens is 148 g/mol. The van der Waals surface area contributed by atoms with E-state index in [1.807, 2.05) is 6.92 Å². The maximum Gasteiger partial charge on any atom is 0.0824 e. The van der Waals surface area contributed by atoms with Crippen LogP contribution in [0, 0.1) is 0 Å². The third-order valence-electron chi connectivity index (χ3n) is 1.81. The van der Waals surface area contributed by atoms with E-state index in [0.29, 0.717) is 0 Å². The van der Waals surface area contributed by atoms with Crippen LogP contribution in [0.3, 0.4) is 0 Å². The van der Waals surface area contributed by atoms with Crippen LogP contribution in [0.15, 0.2) is 0 Å². The topological polar surface area (TPSA) is 29.5 Å². The summed E-state index contributed by atoms with van der Waals surface area (Å²) in [5.41, 5.74) is 0. The van der Waals surface area contributed by atoms with Gasteiger partial charge in [0.15, 0.2) is 0 Å². The summed E-state index contributed by atoms with van der Waals surface area (Å²) in [5.74, 6) is 1.00. The van der Waals surface area contributed by atoms with Gasteiger partial charge < -0.3 is 9.84 Å². The molecule has 0 saturated carbocycles. The maximum absolute atomic E-state index is 9.26. The molecule has 0 aromatic heterocycles. The molecule has 1 heterocycles. The molecule has 1 N–H and O–H groups in total. The van der Waals surface area contributed by atoms with E-state index in [4.69, 9.17) is 4.74 Å². The predicted octanol–water partition coefficient (Wildman–Crippen LogP) is 0.888. The van der Waals surface area contributed by atoms with E-state index < -0.39 is 0 Å². The summed E-state index contributed by atoms with van der Waals surface area (Å²) in [4.78, 5) is 0. The van der Waals surface area contributed by atoms with Crippen molar-refractivity contribution in [1.82, 2.24) is 0 Å². The first-order chi connectivity index (χ1) is 4.74. The summed E-state index contributed by atoms with van der Waals surface area (Å²) in [5, 5.41) is 9.26. The lowest BCUT2D eigenvalue weighted by Crippen LogP contribution is -2.15. The smallest absolute Gasteiger partial charge is 0.0824 e. The van der Waals surface area contributed by atoms with Gasteiger partial charge in [-0.1, -0.05) is 0 Å². The van der Waals surface area contributed by atoms with Crippen molar-refractivity contribution in [2.75, 3.05) is 12.0 Å². The van der Waals surface area contributed by atoms with Crippen LogP contribution < -0.4 is 0 Å². The van der Waals surface area contributed by atoms with Crippen LogP contribution in [0.5, 0.6) is 0 Å². The molecule has 1 aliphatic rings. The SMILES string of the molecule is CSCC1CC(O)C(C)O1. The van der Waals surface area contributed by atoms with Gasteiger partial charge in [-0.2, -0.15) is 11.8 Å². The van der Waals surface area contributed by atoms with Crippen LogP contribution >= 0.6 is 11.8 Å². The summed E-state index contributed by atoms with van der Waals surface area (Å²) < 4.78 is 5.44. The highest BCUT2D eigenvalue weighted by Gasteiger charge is 2.29. The summed E-state index contributed by atoms with van der Waals surface area (Å²) in [7, 11) is 0. The number of aliphatic hydroxyl groups excluding tert-OH is 1. The average molecular weight is 162 g/mol. The summed E-state index contributed by atoms with van der Waals surface area (Å²) in [6.45, 7) is 1.92. The Labute approximate surface area is 66.0 Å². The van der Waals surface area contributed by atoms with Crippen LogP contribution in [-0.2, 0) is 4.74 Å². The normalized spacial score (nSPS) is 40.5. The minimum Gasteiger partial charge on any atom is -0.390 e. The average Bonchev–Trinajstić information content (AvgIpc) is 2.14. The Kier molecular flexibility index (Phi) is 3.01. The molecule has 1 saturated heterocycles. The second-order valence-electron chi connectivity index (χ2n) is 2.72. The molecule has 3 unspecified atom stereocenters. The first kappa shape index (κ1) is 8.37. The quantitative estimate of drug-likeness (QED) is 0.654. The van der Waals surface area contributed by atoms with E-state index >= 15 is 0 Å². The minimum absolute atomic E-state index is 0.0390. The zero-order valence-electron chi connectivity index (χ0n) is 6.41. The first-order valence-corrected chi connectivity index (χ1v) is 4.96. The second kappa shape index (κ2) is 3.60. The molecule has 0 radical (unpaired) electrons. The van der Waals surface area contributed by atoms with Crippen molar-refractivity contribution in [2.24, 2.45) is 0 Å². The molecule has 60 valence electrons. The molecule has 10 heavy (non-hydrogen) atoms. The molecule has 2 nitrogen and oxygen atoms in total. The van der Waals surface area contributed by atoms with Crippen molar-refractivity contribution in [3.63, 3.8) is 0 Å². The predicted molar refractivity (Wildman–Crippen MR) is 43.3 cm³/mol. The van der Waals surface area contributed by atoms with Gasteiger partial charge >= 0.3 is 0 Å². The van der Waals surface area contributed by atoms with E-state index in [0.717, 1.165) is 12.2 Å². The van der Waals surface area contributed by atoms with Crippen molar-refractivity contribution in [2.45, 2.75) is 31.7 Å². The van der Waals surface area contributed by atoms with Crippen molar-refractivity contribution in [1.29, 1.82) is 0 Å². The van der Waals surface area contributed by atoms with Crippen LogP contribution in [0.25, 0.3) is 0 Å². The third kappa shape index (κ3) is 1.87. The summed E-state index contributed by atoms with van der Waals surface area (Å²) in [6.07, 6.45) is 2.94. The van der Waals surface area contributed by atoms with Crippen molar-refractivity contribution in [3.8, 4) is 0 Å². The number of hydrogen-bond donors (Lipinski definition) is 1. The Morgan fingerprint density at radius 1 is 1.70 bits per heavy atom. The van der Waals surface area contributed by atoms with Crippen LogP contribution in [-0.4, -0.2) is 35.4 Å². The standard InChI is InChI=1S/C7H14O2S/c1-5-7(8)3-6(9-5)4-10-2/h5-8H,3-4H2,1-2H3. The number of ether oxygens (including phenoxy) is 1. The lowest BCUT2D eigenvalue weighted by Gasteiger charge is -2.07. The summed E-state index contributed by atoms with van der Waals surface area (Å²) >= 11 is 1.77. The van der Waals surface area contributed by atoms with Crippen LogP contribution in [0.4, 0.5) is 0 Å². The Hall–Kier alpha value is 0.270. The lowest BCUT2D eigenvalue weighted by atomic mass is 10.2. The fourth-order valence-electron chi connectivity index (χ4n) is 1.20. The second-order valence-corrected chi connectivity index (χ2v) is 3.63. The molecular formula is C7H14O2S. The van der Waals surface area contributed by atoms with Gasteiger partial charge in [-0.05, 0) is 13.2 Å². The van der Waals surface area contributed by atoms with Gasteiger partial charge in [0.1, 0.15) is 0 Å². The van der Waals surface area contributed by atoms with Gasteiger partial charge in [-0.15, -0.1) is 0 Å². The van der Waals surface area contributed by atoms with Gasteiger partial charge in [-0.3, -0.25) is 0 Å². The zero-order valence-corrected chi connectivity index (χ0v) is 7.23. The van der Waals surface area contributed by atoms with E-state index in [1.54, 1.807) is 11.8 Å². The zero-order chi connectivity index (χ0) is 7.56. The molecule has 3 atom stereocenters. The third-order valence-corrected chi connectivity index (χ3v) is 2.51. The molecule has 0 amide bonds. The van der Waals surface area contributed by atoms with E-state index in [9.17, 15) is 5.11 Å². The van der Waals surface area contributed by atoms with E-state index in [1.165, 1.54) is 0 Å². The number of rotatable bonds is 2. The maximum atomic E-state index is 9.26. The molecule has 1 rings (SSSR count). The number of hydrogen-bond acceptors (Lipinski definition) is 3. The largest absolute Gasteiger partial charge is 0.390 e.